The Bertz CT molecular complexity index is 538. The second kappa shape index (κ2) is 5.74. The number of nitrogens with zero attached hydrogens (tertiary/aromatic N) is 1. The van der Waals surface area contributed by atoms with Gasteiger partial charge in [-0.15, -0.1) is 0 Å². The molecule has 0 spiro atoms. The summed E-state index contributed by atoms with van der Waals surface area (Å²) in [6, 6.07) is 9.10. The predicted octanol–water partition coefficient (Wildman–Crippen LogP) is 3.31. The third-order valence-electron chi connectivity index (χ3n) is 2.82. The van der Waals surface area contributed by atoms with E-state index >= 15 is 0 Å². The Hall–Kier alpha value is -1.74. The van der Waals surface area contributed by atoms with Crippen LogP contribution in [0.25, 0.3) is 11.1 Å². The lowest BCUT2D eigenvalue weighted by Gasteiger charge is -2.07. The summed E-state index contributed by atoms with van der Waals surface area (Å²) >= 11 is 0. The molecule has 2 aromatic rings. The van der Waals surface area contributed by atoms with Crippen LogP contribution < -0.4 is 5.32 Å². The van der Waals surface area contributed by atoms with Crippen molar-refractivity contribution >= 4 is 0 Å². The first-order valence-corrected chi connectivity index (χ1v) is 6.13. The maximum Gasteiger partial charge on any atom is 0.131 e. The van der Waals surface area contributed by atoms with Gasteiger partial charge in [0.1, 0.15) is 5.82 Å². The third-order valence-corrected chi connectivity index (χ3v) is 2.82. The molecule has 3 heteroatoms. The summed E-state index contributed by atoms with van der Waals surface area (Å²) in [5, 5.41) is 3.18. The van der Waals surface area contributed by atoms with Gasteiger partial charge in [0.25, 0.3) is 0 Å². The standard InChI is InChI=1S/C15H17FN2/c1-3-17-10-12-4-5-14(15(16)9-12)13-6-7-18-11(2)8-13/h4-9,17H,3,10H2,1-2H3. The molecule has 0 amide bonds. The van der Waals surface area contributed by atoms with E-state index in [1.165, 1.54) is 0 Å². The van der Waals surface area contributed by atoms with Gasteiger partial charge in [0.2, 0.25) is 0 Å². The summed E-state index contributed by atoms with van der Waals surface area (Å²) in [7, 11) is 0. The van der Waals surface area contributed by atoms with Crippen molar-refractivity contribution in [1.82, 2.24) is 10.3 Å². The highest BCUT2D eigenvalue weighted by atomic mass is 19.1. The molecule has 0 saturated heterocycles. The molecule has 18 heavy (non-hydrogen) atoms. The van der Waals surface area contributed by atoms with Gasteiger partial charge in [-0.3, -0.25) is 4.98 Å². The maximum atomic E-state index is 14.0. The van der Waals surface area contributed by atoms with Crippen LogP contribution in [0.3, 0.4) is 0 Å². The van der Waals surface area contributed by atoms with Gasteiger partial charge in [-0.1, -0.05) is 19.1 Å². The zero-order valence-electron chi connectivity index (χ0n) is 10.7. The zero-order valence-corrected chi connectivity index (χ0v) is 10.7. The molecule has 0 radical (unpaired) electrons. The van der Waals surface area contributed by atoms with Crippen molar-refractivity contribution in [3.63, 3.8) is 0 Å². The van der Waals surface area contributed by atoms with E-state index in [1.807, 2.05) is 38.1 Å². The molecular formula is C15H17FN2. The first kappa shape index (κ1) is 12.7. The highest BCUT2D eigenvalue weighted by Gasteiger charge is 2.06. The fraction of sp³-hybridized carbons (Fsp3) is 0.267. The highest BCUT2D eigenvalue weighted by molar-refractivity contribution is 5.64. The number of nitrogens with one attached hydrogen (secondary N) is 1. The normalized spacial score (nSPS) is 10.6. The Kier molecular flexibility index (Phi) is 4.05. The number of benzene rings is 1. The Balaban J connectivity index is 2.29. The maximum absolute atomic E-state index is 14.0. The van der Waals surface area contributed by atoms with Gasteiger partial charge in [0.05, 0.1) is 0 Å². The Labute approximate surface area is 107 Å². The second-order valence-corrected chi connectivity index (χ2v) is 4.28. The molecule has 0 aliphatic rings. The van der Waals surface area contributed by atoms with Crippen LogP contribution in [-0.2, 0) is 6.54 Å². The quantitative estimate of drug-likeness (QED) is 0.892. The molecule has 1 heterocycles. The average molecular weight is 244 g/mol. The molecule has 0 aliphatic carbocycles. The second-order valence-electron chi connectivity index (χ2n) is 4.28. The number of halogens is 1. The number of hydrogen-bond acceptors (Lipinski definition) is 2. The summed E-state index contributed by atoms with van der Waals surface area (Å²) in [5.41, 5.74) is 3.35. The topological polar surface area (TPSA) is 24.9 Å². The van der Waals surface area contributed by atoms with Crippen LogP contribution in [0.5, 0.6) is 0 Å². The minimum absolute atomic E-state index is 0.184. The molecule has 0 bridgehead atoms. The largest absolute Gasteiger partial charge is 0.313 e. The van der Waals surface area contributed by atoms with E-state index in [2.05, 4.69) is 10.3 Å². The van der Waals surface area contributed by atoms with Crippen molar-refractivity contribution in [2.75, 3.05) is 6.54 Å². The van der Waals surface area contributed by atoms with Crippen LogP contribution in [0.2, 0.25) is 0 Å². The Morgan fingerprint density at radius 2 is 2.06 bits per heavy atom. The Morgan fingerprint density at radius 1 is 1.22 bits per heavy atom. The number of rotatable bonds is 4. The fourth-order valence-corrected chi connectivity index (χ4v) is 1.89. The molecule has 0 atom stereocenters. The van der Waals surface area contributed by atoms with Crippen LogP contribution >= 0.6 is 0 Å². The van der Waals surface area contributed by atoms with Crippen molar-refractivity contribution in [2.45, 2.75) is 20.4 Å². The van der Waals surface area contributed by atoms with Crippen LogP contribution in [0.4, 0.5) is 4.39 Å². The number of hydrogen-bond donors (Lipinski definition) is 1. The third kappa shape index (κ3) is 2.93. The van der Waals surface area contributed by atoms with Crippen molar-refractivity contribution < 1.29 is 4.39 Å². The van der Waals surface area contributed by atoms with Crippen molar-refractivity contribution in [1.29, 1.82) is 0 Å². The van der Waals surface area contributed by atoms with Gasteiger partial charge in [-0.25, -0.2) is 4.39 Å². The lowest BCUT2D eigenvalue weighted by atomic mass is 10.0. The summed E-state index contributed by atoms with van der Waals surface area (Å²) in [6.45, 7) is 5.52. The van der Waals surface area contributed by atoms with Gasteiger partial charge < -0.3 is 5.32 Å². The number of aromatic nitrogens is 1. The summed E-state index contributed by atoms with van der Waals surface area (Å²) in [4.78, 5) is 4.12. The summed E-state index contributed by atoms with van der Waals surface area (Å²) in [6.07, 6.45) is 1.71. The van der Waals surface area contributed by atoms with Crippen LogP contribution in [0.1, 0.15) is 18.2 Å². The summed E-state index contributed by atoms with van der Waals surface area (Å²) in [5.74, 6) is -0.184. The highest BCUT2D eigenvalue weighted by Crippen LogP contribution is 2.23. The van der Waals surface area contributed by atoms with Gasteiger partial charge >= 0.3 is 0 Å². The van der Waals surface area contributed by atoms with E-state index in [9.17, 15) is 4.39 Å². The van der Waals surface area contributed by atoms with E-state index in [0.29, 0.717) is 12.1 Å². The van der Waals surface area contributed by atoms with Gasteiger partial charge in [-0.05, 0) is 42.8 Å². The van der Waals surface area contributed by atoms with E-state index in [1.54, 1.807) is 12.3 Å². The van der Waals surface area contributed by atoms with Gasteiger partial charge in [-0.2, -0.15) is 0 Å². The van der Waals surface area contributed by atoms with Crippen LogP contribution in [0.15, 0.2) is 36.5 Å². The van der Waals surface area contributed by atoms with Gasteiger partial charge in [0.15, 0.2) is 0 Å². The van der Waals surface area contributed by atoms with E-state index in [-0.39, 0.29) is 5.82 Å². The first-order valence-electron chi connectivity index (χ1n) is 6.13. The molecular weight excluding hydrogens is 227 g/mol. The lowest BCUT2D eigenvalue weighted by molar-refractivity contribution is 0.625. The fourth-order valence-electron chi connectivity index (χ4n) is 1.89. The molecule has 0 saturated carbocycles. The van der Waals surface area contributed by atoms with Crippen molar-refractivity contribution in [3.05, 3.63) is 53.6 Å². The van der Waals surface area contributed by atoms with Crippen molar-refractivity contribution in [3.8, 4) is 11.1 Å². The molecule has 0 fully saturated rings. The number of aryl methyl sites for hydroxylation is 1. The molecule has 1 aromatic carbocycles. The minimum atomic E-state index is -0.184. The van der Waals surface area contributed by atoms with Gasteiger partial charge in [0, 0.05) is 24.0 Å². The zero-order chi connectivity index (χ0) is 13.0. The molecule has 94 valence electrons. The van der Waals surface area contributed by atoms with E-state index < -0.39 is 0 Å². The van der Waals surface area contributed by atoms with Crippen LogP contribution in [0, 0.1) is 12.7 Å². The van der Waals surface area contributed by atoms with Crippen molar-refractivity contribution in [2.24, 2.45) is 0 Å². The SMILES string of the molecule is CCNCc1ccc(-c2ccnc(C)c2)c(F)c1. The molecule has 0 unspecified atom stereocenters. The molecule has 2 nitrogen and oxygen atoms in total. The molecule has 2 rings (SSSR count). The van der Waals surface area contributed by atoms with Crippen LogP contribution in [-0.4, -0.2) is 11.5 Å². The predicted molar refractivity (Wildman–Crippen MR) is 71.7 cm³/mol. The van der Waals surface area contributed by atoms with E-state index in [0.717, 1.165) is 23.4 Å². The summed E-state index contributed by atoms with van der Waals surface area (Å²) < 4.78 is 14.0. The average Bonchev–Trinajstić information content (AvgIpc) is 2.36. The first-order chi connectivity index (χ1) is 8.70. The Morgan fingerprint density at radius 3 is 2.72 bits per heavy atom. The molecule has 1 N–H and O–H groups in total. The molecule has 1 aromatic heterocycles. The smallest absolute Gasteiger partial charge is 0.131 e. The number of pyridine rings is 1. The van der Waals surface area contributed by atoms with E-state index in [4.69, 9.17) is 0 Å². The minimum Gasteiger partial charge on any atom is -0.313 e. The molecule has 0 aliphatic heterocycles. The monoisotopic (exact) mass is 244 g/mol. The lowest BCUT2D eigenvalue weighted by Crippen LogP contribution is -2.11.